The van der Waals surface area contributed by atoms with Crippen LogP contribution in [0.2, 0.25) is 0 Å². The van der Waals surface area contributed by atoms with Gasteiger partial charge >= 0.3 is 6.03 Å². The Morgan fingerprint density at radius 2 is 2.03 bits per heavy atom. The number of methoxy groups -OCH3 is 2. The van der Waals surface area contributed by atoms with Crippen molar-refractivity contribution in [2.45, 2.75) is 13.0 Å². The number of nitrogens with zero attached hydrogens (tertiary/aromatic N) is 3. The Morgan fingerprint density at radius 3 is 2.70 bits per heavy atom. The molecule has 0 saturated heterocycles. The molecule has 3 aromatic rings. The first-order valence-corrected chi connectivity index (χ1v) is 10.3. The van der Waals surface area contributed by atoms with E-state index < -0.39 is 6.04 Å². The van der Waals surface area contributed by atoms with Crippen molar-refractivity contribution in [3.8, 4) is 16.5 Å². The summed E-state index contributed by atoms with van der Waals surface area (Å²) >= 11 is 1.54. The summed E-state index contributed by atoms with van der Waals surface area (Å²) in [7, 11) is 3.22. The third-order valence-corrected chi connectivity index (χ3v) is 5.83. The maximum absolute atomic E-state index is 12.8. The van der Waals surface area contributed by atoms with E-state index in [1.54, 1.807) is 19.1 Å². The molecule has 156 valence electrons. The van der Waals surface area contributed by atoms with Crippen molar-refractivity contribution in [3.63, 3.8) is 0 Å². The van der Waals surface area contributed by atoms with Crippen LogP contribution in [-0.2, 0) is 4.74 Å². The summed E-state index contributed by atoms with van der Waals surface area (Å²) in [5.41, 5.74) is 2.39. The maximum atomic E-state index is 12.8. The van der Waals surface area contributed by atoms with Crippen LogP contribution in [0, 0.1) is 0 Å². The molecule has 4 rings (SSSR count). The Bertz CT molecular complexity index is 1040. The zero-order valence-corrected chi connectivity index (χ0v) is 17.7. The molecule has 2 aromatic heterocycles. The van der Waals surface area contributed by atoms with Crippen LogP contribution < -0.4 is 10.1 Å². The summed E-state index contributed by atoms with van der Waals surface area (Å²) in [5.74, 6) is 1.64. The summed E-state index contributed by atoms with van der Waals surface area (Å²) < 4.78 is 16.1. The number of aromatic nitrogens is 2. The molecule has 0 spiro atoms. The Balaban J connectivity index is 1.78. The molecule has 0 aliphatic carbocycles. The first kappa shape index (κ1) is 20.1. The van der Waals surface area contributed by atoms with Crippen molar-refractivity contribution in [2.24, 2.45) is 0 Å². The second kappa shape index (κ2) is 8.68. The number of ether oxygens (including phenoxy) is 2. The highest BCUT2D eigenvalue weighted by Gasteiger charge is 2.35. The summed E-state index contributed by atoms with van der Waals surface area (Å²) in [5, 5.41) is 9.17. The minimum atomic E-state index is -0.432. The fourth-order valence-corrected chi connectivity index (χ4v) is 4.04. The van der Waals surface area contributed by atoms with Crippen molar-refractivity contribution in [1.82, 2.24) is 20.4 Å². The average Bonchev–Trinajstić information content (AvgIpc) is 3.45. The number of amides is 2. The lowest BCUT2D eigenvalue weighted by Crippen LogP contribution is -2.47. The van der Waals surface area contributed by atoms with Crippen LogP contribution in [-0.4, -0.2) is 48.4 Å². The van der Waals surface area contributed by atoms with E-state index in [0.29, 0.717) is 24.9 Å². The van der Waals surface area contributed by atoms with Crippen molar-refractivity contribution < 1.29 is 18.8 Å². The number of hydrogen-bond acceptors (Lipinski definition) is 7. The third-order valence-electron chi connectivity index (χ3n) is 4.96. The molecule has 30 heavy (non-hydrogen) atoms. The monoisotopic (exact) mass is 426 g/mol. The molecule has 1 N–H and O–H groups in total. The van der Waals surface area contributed by atoms with Gasteiger partial charge in [-0.1, -0.05) is 23.4 Å². The van der Waals surface area contributed by atoms with Gasteiger partial charge in [-0.2, -0.15) is 4.98 Å². The molecule has 2 amide bonds. The molecule has 9 heteroatoms. The summed E-state index contributed by atoms with van der Waals surface area (Å²) in [6.45, 7) is 2.71. The van der Waals surface area contributed by atoms with Gasteiger partial charge in [-0.05, 0) is 36.1 Å². The van der Waals surface area contributed by atoms with Gasteiger partial charge in [-0.15, -0.1) is 11.3 Å². The van der Waals surface area contributed by atoms with E-state index in [1.165, 1.54) is 11.3 Å². The molecular formula is C21H22N4O4S. The molecule has 3 heterocycles. The molecule has 1 aliphatic heterocycles. The van der Waals surface area contributed by atoms with E-state index in [9.17, 15) is 4.79 Å². The lowest BCUT2D eigenvalue weighted by Gasteiger charge is -2.35. The first-order chi connectivity index (χ1) is 14.6. The van der Waals surface area contributed by atoms with Gasteiger partial charge in [0.2, 0.25) is 5.82 Å². The highest BCUT2D eigenvalue weighted by atomic mass is 32.1. The number of carbonyl (C=O) groups is 1. The zero-order chi connectivity index (χ0) is 21.1. The summed E-state index contributed by atoms with van der Waals surface area (Å²) in [6, 6.07) is 10.8. The number of thiophene rings is 1. The number of rotatable bonds is 7. The Labute approximate surface area is 178 Å². The van der Waals surface area contributed by atoms with E-state index in [0.717, 1.165) is 27.5 Å². The van der Waals surface area contributed by atoms with E-state index >= 15 is 0 Å². The molecule has 1 aromatic carbocycles. The molecule has 8 nitrogen and oxygen atoms in total. The Morgan fingerprint density at radius 1 is 1.23 bits per heavy atom. The first-order valence-electron chi connectivity index (χ1n) is 9.42. The van der Waals surface area contributed by atoms with Crippen LogP contribution in [0.15, 0.2) is 52.0 Å². The maximum Gasteiger partial charge on any atom is 0.322 e. The van der Waals surface area contributed by atoms with Crippen LogP contribution in [0.4, 0.5) is 4.79 Å². The SMILES string of the molecule is COCCN1C(=O)NC(c2ccc(OC)cc2)C(c2nc(-c3cccs3)no2)=C1C. The minimum absolute atomic E-state index is 0.202. The molecule has 1 atom stereocenters. The number of nitrogens with one attached hydrogen (secondary N) is 1. The van der Waals surface area contributed by atoms with E-state index in [-0.39, 0.29) is 6.03 Å². The third kappa shape index (κ3) is 3.81. The van der Waals surface area contributed by atoms with E-state index in [2.05, 4.69) is 15.5 Å². The lowest BCUT2D eigenvalue weighted by molar-refractivity contribution is 0.158. The topological polar surface area (TPSA) is 89.7 Å². The van der Waals surface area contributed by atoms with Gasteiger partial charge in [0, 0.05) is 12.8 Å². The van der Waals surface area contributed by atoms with Gasteiger partial charge in [-0.25, -0.2) is 4.79 Å². The van der Waals surface area contributed by atoms with Gasteiger partial charge < -0.3 is 19.3 Å². The predicted molar refractivity (Wildman–Crippen MR) is 113 cm³/mol. The van der Waals surface area contributed by atoms with Crippen LogP contribution in [0.1, 0.15) is 24.4 Å². The fraction of sp³-hybridized carbons (Fsp3) is 0.286. The summed E-state index contributed by atoms with van der Waals surface area (Å²) in [4.78, 5) is 20.0. The molecule has 1 unspecified atom stereocenters. The van der Waals surface area contributed by atoms with Gasteiger partial charge in [0.1, 0.15) is 5.75 Å². The van der Waals surface area contributed by atoms with Gasteiger partial charge in [0.25, 0.3) is 5.89 Å². The summed E-state index contributed by atoms with van der Waals surface area (Å²) in [6.07, 6.45) is 0. The van der Waals surface area contributed by atoms with Gasteiger partial charge in [-0.3, -0.25) is 4.90 Å². The van der Waals surface area contributed by atoms with E-state index in [4.69, 9.17) is 14.0 Å². The van der Waals surface area contributed by atoms with Crippen molar-refractivity contribution in [2.75, 3.05) is 27.4 Å². The lowest BCUT2D eigenvalue weighted by atomic mass is 9.94. The van der Waals surface area contributed by atoms with Gasteiger partial charge in [0.05, 0.1) is 36.8 Å². The van der Waals surface area contributed by atoms with Crippen LogP contribution in [0.25, 0.3) is 16.3 Å². The van der Waals surface area contributed by atoms with Crippen LogP contribution in [0.3, 0.4) is 0 Å². The molecule has 1 aliphatic rings. The molecule has 0 saturated carbocycles. The smallest absolute Gasteiger partial charge is 0.322 e. The number of urea groups is 1. The number of benzene rings is 1. The highest BCUT2D eigenvalue weighted by Crippen LogP contribution is 2.38. The van der Waals surface area contributed by atoms with Gasteiger partial charge in [0.15, 0.2) is 0 Å². The Kier molecular flexibility index (Phi) is 5.82. The number of hydrogen-bond donors (Lipinski definition) is 1. The highest BCUT2D eigenvalue weighted by molar-refractivity contribution is 7.13. The fourth-order valence-electron chi connectivity index (χ4n) is 3.40. The van der Waals surface area contributed by atoms with Crippen molar-refractivity contribution >= 4 is 22.9 Å². The zero-order valence-electron chi connectivity index (χ0n) is 16.9. The standard InChI is InChI=1S/C21H22N4O4S/c1-13-17(20-23-19(24-29-20)16-5-4-12-30-16)18(14-6-8-15(28-3)9-7-14)22-21(26)25(13)10-11-27-2/h4-9,12,18H,10-11H2,1-3H3,(H,22,26). The largest absolute Gasteiger partial charge is 0.497 e. The number of allylic oxidation sites excluding steroid dienone is 1. The van der Waals surface area contributed by atoms with E-state index in [1.807, 2.05) is 48.7 Å². The van der Waals surface area contributed by atoms with Crippen LogP contribution >= 0.6 is 11.3 Å². The van der Waals surface area contributed by atoms with Crippen molar-refractivity contribution in [1.29, 1.82) is 0 Å². The average molecular weight is 426 g/mol. The number of carbonyl (C=O) groups excluding carboxylic acids is 1. The molecular weight excluding hydrogens is 404 g/mol. The predicted octanol–water partition coefficient (Wildman–Crippen LogP) is 3.95. The second-order valence-corrected chi connectivity index (χ2v) is 7.65. The normalized spacial score (nSPS) is 16.7. The minimum Gasteiger partial charge on any atom is -0.497 e. The Hall–Kier alpha value is -3.17. The molecule has 0 bridgehead atoms. The molecule has 0 fully saturated rings. The quantitative estimate of drug-likeness (QED) is 0.615. The van der Waals surface area contributed by atoms with Crippen molar-refractivity contribution in [3.05, 3.63) is 58.9 Å². The molecule has 0 radical (unpaired) electrons. The second-order valence-electron chi connectivity index (χ2n) is 6.70. The van der Waals surface area contributed by atoms with Crippen LogP contribution in [0.5, 0.6) is 5.75 Å².